The fraction of sp³-hybridized carbons (Fsp3) is 0.200. The molecule has 140 valence electrons. The van der Waals surface area contributed by atoms with E-state index in [0.29, 0.717) is 23.0 Å². The molecule has 1 aliphatic carbocycles. The third-order valence-corrected chi connectivity index (χ3v) is 4.63. The van der Waals surface area contributed by atoms with E-state index in [-0.39, 0.29) is 0 Å². The van der Waals surface area contributed by atoms with Crippen molar-refractivity contribution in [2.45, 2.75) is 0 Å². The van der Waals surface area contributed by atoms with Gasteiger partial charge in [-0.2, -0.15) is 0 Å². The van der Waals surface area contributed by atoms with Gasteiger partial charge in [0.15, 0.2) is 23.0 Å². The molecule has 0 bridgehead atoms. The Labute approximate surface area is 156 Å². The average molecular weight is 367 g/mol. The summed E-state index contributed by atoms with van der Waals surface area (Å²) in [4.78, 5) is 0. The van der Waals surface area contributed by atoms with Gasteiger partial charge in [-0.3, -0.25) is 10.2 Å². The maximum absolute atomic E-state index is 5.42. The summed E-state index contributed by atoms with van der Waals surface area (Å²) < 4.78 is 21.5. The lowest BCUT2D eigenvalue weighted by Crippen LogP contribution is -1.95. The smallest absolute Gasteiger partial charge is 0.162 e. The predicted molar refractivity (Wildman–Crippen MR) is 105 cm³/mol. The van der Waals surface area contributed by atoms with Crippen molar-refractivity contribution >= 4 is 22.3 Å². The van der Waals surface area contributed by atoms with Gasteiger partial charge in [0, 0.05) is 22.7 Å². The minimum Gasteiger partial charge on any atom is -0.493 e. The van der Waals surface area contributed by atoms with Gasteiger partial charge in [-0.1, -0.05) is 0 Å². The van der Waals surface area contributed by atoms with Crippen molar-refractivity contribution in [1.29, 1.82) is 0 Å². The van der Waals surface area contributed by atoms with Gasteiger partial charge < -0.3 is 24.3 Å². The van der Waals surface area contributed by atoms with E-state index < -0.39 is 0 Å². The van der Waals surface area contributed by atoms with E-state index in [4.69, 9.17) is 18.9 Å². The number of ether oxygens (including phenoxy) is 4. The van der Waals surface area contributed by atoms with Crippen LogP contribution in [0.4, 0.5) is 11.5 Å². The van der Waals surface area contributed by atoms with Crippen LogP contribution < -0.4 is 24.3 Å². The van der Waals surface area contributed by atoms with Crippen LogP contribution in [0.15, 0.2) is 36.4 Å². The monoisotopic (exact) mass is 367 g/mol. The number of benzene rings is 2. The summed E-state index contributed by atoms with van der Waals surface area (Å²) in [5.41, 5.74) is 2.91. The van der Waals surface area contributed by atoms with Gasteiger partial charge in [0.05, 0.1) is 34.1 Å². The highest BCUT2D eigenvalue weighted by Gasteiger charge is 2.19. The predicted octanol–water partition coefficient (Wildman–Crippen LogP) is 4.38. The second kappa shape index (κ2) is 6.68. The molecule has 3 N–H and O–H groups in total. The van der Waals surface area contributed by atoms with Gasteiger partial charge in [0.2, 0.25) is 0 Å². The summed E-state index contributed by atoms with van der Waals surface area (Å²) in [6.45, 7) is 0. The molecule has 27 heavy (non-hydrogen) atoms. The summed E-state index contributed by atoms with van der Waals surface area (Å²) in [5, 5.41) is 11.9. The highest BCUT2D eigenvalue weighted by atomic mass is 16.5. The molecule has 7 heteroatoms. The molecule has 0 unspecified atom stereocenters. The summed E-state index contributed by atoms with van der Waals surface area (Å²) in [5.74, 6) is 3.60. The molecular weight excluding hydrogens is 346 g/mol. The second-order valence-electron chi connectivity index (χ2n) is 6.05. The van der Waals surface area contributed by atoms with E-state index in [0.717, 1.165) is 33.5 Å². The van der Waals surface area contributed by atoms with Crippen LogP contribution in [0.3, 0.4) is 0 Å². The number of fused-ring (bicyclic) bond motifs is 3. The van der Waals surface area contributed by atoms with Gasteiger partial charge in [0.1, 0.15) is 5.82 Å². The first kappa shape index (κ1) is 17.0. The molecule has 1 aliphatic heterocycles. The Morgan fingerprint density at radius 1 is 0.704 bits per heavy atom. The molecule has 0 spiro atoms. The largest absolute Gasteiger partial charge is 0.493 e. The third kappa shape index (κ3) is 2.77. The number of rotatable bonds is 6. The zero-order valence-electron chi connectivity index (χ0n) is 15.6. The molecular formula is C20H21N3O4. The molecule has 2 aromatic carbocycles. The van der Waals surface area contributed by atoms with Crippen LogP contribution in [0.25, 0.3) is 22.0 Å². The Balaban J connectivity index is 1.73. The highest BCUT2D eigenvalue weighted by molar-refractivity contribution is 6.05. The zero-order valence-corrected chi connectivity index (χ0v) is 15.6. The number of aromatic amines is 2. The van der Waals surface area contributed by atoms with Gasteiger partial charge in [-0.05, 0) is 35.7 Å². The quantitative estimate of drug-likeness (QED) is 0.471. The van der Waals surface area contributed by atoms with Crippen LogP contribution in [-0.2, 0) is 0 Å². The minimum atomic E-state index is 0.663. The first-order valence-electron chi connectivity index (χ1n) is 8.42. The second-order valence-corrected chi connectivity index (χ2v) is 6.05. The lowest BCUT2D eigenvalue weighted by atomic mass is 10.2. The lowest BCUT2D eigenvalue weighted by Gasteiger charge is -2.10. The highest BCUT2D eigenvalue weighted by Crippen LogP contribution is 2.43. The van der Waals surface area contributed by atoms with Crippen molar-refractivity contribution in [2.75, 3.05) is 33.8 Å². The molecule has 0 radical (unpaired) electrons. The number of hydrogen-bond donors (Lipinski definition) is 3. The van der Waals surface area contributed by atoms with Crippen LogP contribution in [0.5, 0.6) is 23.0 Å². The average Bonchev–Trinajstić information content (AvgIpc) is 3.26. The molecule has 0 atom stereocenters. The number of nitrogens with one attached hydrogen (secondary N) is 3. The van der Waals surface area contributed by atoms with Crippen molar-refractivity contribution < 1.29 is 18.9 Å². The lowest BCUT2D eigenvalue weighted by molar-refractivity contribution is 0.355. The zero-order chi connectivity index (χ0) is 19.0. The Hall–Kier alpha value is -3.48. The van der Waals surface area contributed by atoms with Crippen LogP contribution in [-0.4, -0.2) is 38.6 Å². The molecule has 2 aliphatic rings. The van der Waals surface area contributed by atoms with Gasteiger partial charge in [0.25, 0.3) is 0 Å². The van der Waals surface area contributed by atoms with E-state index in [1.165, 1.54) is 0 Å². The summed E-state index contributed by atoms with van der Waals surface area (Å²) in [6.07, 6.45) is 0. The van der Waals surface area contributed by atoms with Crippen molar-refractivity contribution in [3.63, 3.8) is 0 Å². The molecule has 0 amide bonds. The van der Waals surface area contributed by atoms with Gasteiger partial charge in [-0.15, -0.1) is 0 Å². The Bertz CT molecular complexity index is 1070. The van der Waals surface area contributed by atoms with Crippen molar-refractivity contribution in [1.82, 2.24) is 10.2 Å². The third-order valence-electron chi connectivity index (χ3n) is 4.63. The van der Waals surface area contributed by atoms with Crippen molar-refractivity contribution in [2.24, 2.45) is 0 Å². The fourth-order valence-corrected chi connectivity index (χ4v) is 3.28. The molecule has 0 aromatic heterocycles. The Kier molecular flexibility index (Phi) is 4.19. The van der Waals surface area contributed by atoms with Crippen LogP contribution in [0.1, 0.15) is 0 Å². The number of aromatic nitrogens is 2. The van der Waals surface area contributed by atoms with E-state index in [1.807, 2.05) is 30.3 Å². The summed E-state index contributed by atoms with van der Waals surface area (Å²) >= 11 is 0. The normalized spacial score (nSPS) is 11.0. The topological polar surface area (TPSA) is 80.5 Å². The molecule has 0 fully saturated rings. The number of H-pyrrole nitrogens is 2. The summed E-state index contributed by atoms with van der Waals surface area (Å²) in [6, 6.07) is 11.7. The molecule has 2 aromatic rings. The Morgan fingerprint density at radius 3 is 2.07 bits per heavy atom. The SMILES string of the molecule is COc1ccc(Nc2[nH][nH]c3c4cc(OC)c(OC)cc4cc2-3)cc1OC. The van der Waals surface area contributed by atoms with E-state index >= 15 is 0 Å². The van der Waals surface area contributed by atoms with E-state index in [2.05, 4.69) is 21.6 Å². The maximum atomic E-state index is 5.42. The first-order valence-corrected chi connectivity index (χ1v) is 8.42. The number of anilines is 2. The standard InChI is InChI=1S/C20H21N3O4/c1-24-15-6-5-12(9-17(15)26-3)21-20-14-7-11-8-16(25-2)18(27-4)10-13(11)19(14)22-23-20/h5-10,21-23H,1-4H3. The van der Waals surface area contributed by atoms with Gasteiger partial charge >= 0.3 is 0 Å². The Morgan fingerprint density at radius 2 is 1.37 bits per heavy atom. The van der Waals surface area contributed by atoms with Crippen molar-refractivity contribution in [3.8, 4) is 34.3 Å². The molecule has 4 rings (SSSR count). The number of methoxy groups -OCH3 is 4. The molecule has 1 heterocycles. The molecule has 0 saturated heterocycles. The van der Waals surface area contributed by atoms with Crippen LogP contribution in [0, 0.1) is 0 Å². The number of hydrogen-bond acceptors (Lipinski definition) is 5. The van der Waals surface area contributed by atoms with E-state index in [9.17, 15) is 0 Å². The van der Waals surface area contributed by atoms with Crippen molar-refractivity contribution in [3.05, 3.63) is 36.4 Å². The molecule has 0 saturated carbocycles. The van der Waals surface area contributed by atoms with Crippen LogP contribution in [0.2, 0.25) is 0 Å². The van der Waals surface area contributed by atoms with E-state index in [1.54, 1.807) is 28.4 Å². The minimum absolute atomic E-state index is 0.663. The first-order chi connectivity index (χ1) is 13.2. The summed E-state index contributed by atoms with van der Waals surface area (Å²) in [7, 11) is 6.50. The molecule has 7 nitrogen and oxygen atoms in total. The van der Waals surface area contributed by atoms with Crippen LogP contribution >= 0.6 is 0 Å². The van der Waals surface area contributed by atoms with Gasteiger partial charge in [-0.25, -0.2) is 0 Å². The maximum Gasteiger partial charge on any atom is 0.162 e. The fourth-order valence-electron chi connectivity index (χ4n) is 3.28.